The molecule has 0 bridgehead atoms. The van der Waals surface area contributed by atoms with Crippen molar-refractivity contribution in [2.24, 2.45) is 5.73 Å². The molecule has 0 aliphatic heterocycles. The summed E-state index contributed by atoms with van der Waals surface area (Å²) in [5, 5.41) is 1.63. The van der Waals surface area contributed by atoms with Crippen LogP contribution in [-0.2, 0) is 10.0 Å². The maximum atomic E-state index is 12.9. The van der Waals surface area contributed by atoms with Crippen LogP contribution in [0.4, 0.5) is 5.69 Å². The van der Waals surface area contributed by atoms with Gasteiger partial charge in [-0.2, -0.15) is 0 Å². The van der Waals surface area contributed by atoms with E-state index in [9.17, 15) is 13.2 Å². The zero-order chi connectivity index (χ0) is 17.5. The summed E-state index contributed by atoms with van der Waals surface area (Å²) in [6.07, 6.45) is 0. The van der Waals surface area contributed by atoms with E-state index in [1.54, 1.807) is 25.3 Å². The maximum absolute atomic E-state index is 12.9. The van der Waals surface area contributed by atoms with E-state index in [-0.39, 0.29) is 15.5 Å². The Morgan fingerprint density at radius 2 is 1.48 bits per heavy atom. The highest BCUT2D eigenvalue weighted by Gasteiger charge is 2.25. The minimum Gasteiger partial charge on any atom is -0.365 e. The Bertz CT molecular complexity index is 867. The van der Waals surface area contributed by atoms with Crippen molar-refractivity contribution in [3.8, 4) is 0 Å². The third-order valence-electron chi connectivity index (χ3n) is 4.33. The molecule has 5 nitrogen and oxygen atoms in total. The number of nitrogens with two attached hydrogens (primary N) is 1. The Labute approximate surface area is 140 Å². The molecular weight excluding hydrogens is 332 g/mol. The lowest BCUT2D eigenvalue weighted by molar-refractivity contribution is 0.100. The normalized spacial score (nSPS) is 11.5. The molecular formula is C16H20N2O3S2. The van der Waals surface area contributed by atoms with Crippen LogP contribution >= 0.6 is 11.3 Å². The third-order valence-corrected chi connectivity index (χ3v) is 6.90. The number of benzene rings is 1. The summed E-state index contributed by atoms with van der Waals surface area (Å²) in [5.41, 5.74) is 9.93. The minimum absolute atomic E-state index is 0.199. The molecule has 23 heavy (non-hydrogen) atoms. The summed E-state index contributed by atoms with van der Waals surface area (Å²) in [5.74, 6) is -0.651. The molecule has 2 rings (SSSR count). The van der Waals surface area contributed by atoms with E-state index in [1.165, 1.54) is 0 Å². The molecule has 0 aliphatic rings. The van der Waals surface area contributed by atoms with Gasteiger partial charge in [-0.25, -0.2) is 8.42 Å². The zero-order valence-corrected chi connectivity index (χ0v) is 15.4. The standard InChI is InChI=1S/C16H20N2O3S2/c1-8-9(2)11(4)15(12(5)10(8)3)23(20,21)18-13-6-7-22-14(13)16(17)19/h6-7,18H,1-5H3,(H2,17,19). The van der Waals surface area contributed by atoms with Crippen LogP contribution in [0.3, 0.4) is 0 Å². The van der Waals surface area contributed by atoms with Crippen LogP contribution in [0.25, 0.3) is 0 Å². The molecule has 2 aromatic rings. The number of primary amides is 1. The van der Waals surface area contributed by atoms with Crippen molar-refractivity contribution in [3.05, 3.63) is 44.1 Å². The van der Waals surface area contributed by atoms with Gasteiger partial charge in [0.15, 0.2) is 0 Å². The van der Waals surface area contributed by atoms with Gasteiger partial charge in [-0.1, -0.05) is 0 Å². The van der Waals surface area contributed by atoms with Crippen LogP contribution < -0.4 is 10.5 Å². The van der Waals surface area contributed by atoms with E-state index >= 15 is 0 Å². The number of anilines is 1. The van der Waals surface area contributed by atoms with Crippen LogP contribution in [0.5, 0.6) is 0 Å². The number of nitrogens with one attached hydrogen (secondary N) is 1. The molecule has 0 saturated heterocycles. The van der Waals surface area contributed by atoms with Gasteiger partial charge in [0.25, 0.3) is 15.9 Å². The molecule has 1 heterocycles. The van der Waals surface area contributed by atoms with E-state index in [2.05, 4.69) is 4.72 Å². The van der Waals surface area contributed by atoms with Crippen LogP contribution in [0.2, 0.25) is 0 Å². The van der Waals surface area contributed by atoms with Crippen LogP contribution in [0.15, 0.2) is 16.3 Å². The molecule has 1 amide bonds. The molecule has 0 spiro atoms. The summed E-state index contributed by atoms with van der Waals surface area (Å²) in [6.45, 7) is 9.40. The average molecular weight is 352 g/mol. The number of hydrogen-bond donors (Lipinski definition) is 2. The second kappa shape index (κ2) is 5.98. The quantitative estimate of drug-likeness (QED) is 0.885. The van der Waals surface area contributed by atoms with Crippen molar-refractivity contribution in [1.82, 2.24) is 0 Å². The van der Waals surface area contributed by atoms with E-state index in [1.807, 2.05) is 20.8 Å². The number of amides is 1. The van der Waals surface area contributed by atoms with Gasteiger partial charge in [-0.15, -0.1) is 11.3 Å². The molecule has 0 atom stereocenters. The Balaban J connectivity index is 2.62. The first-order chi connectivity index (χ1) is 10.6. The van der Waals surface area contributed by atoms with E-state index in [4.69, 9.17) is 5.73 Å². The number of carbonyl (C=O) groups is 1. The van der Waals surface area contributed by atoms with Gasteiger partial charge in [0.2, 0.25) is 0 Å². The van der Waals surface area contributed by atoms with Crippen molar-refractivity contribution in [3.63, 3.8) is 0 Å². The second-order valence-corrected chi connectivity index (χ2v) is 8.12. The Morgan fingerprint density at radius 1 is 1.00 bits per heavy atom. The molecule has 0 fully saturated rings. The second-order valence-electron chi connectivity index (χ2n) is 5.59. The fourth-order valence-electron chi connectivity index (χ4n) is 2.64. The third kappa shape index (κ3) is 2.98. The fraction of sp³-hybridized carbons (Fsp3) is 0.312. The number of thiophene rings is 1. The smallest absolute Gasteiger partial charge is 0.262 e. The highest BCUT2D eigenvalue weighted by Crippen LogP contribution is 2.32. The summed E-state index contributed by atoms with van der Waals surface area (Å²) in [4.78, 5) is 11.9. The molecule has 0 aliphatic carbocycles. The largest absolute Gasteiger partial charge is 0.365 e. The Morgan fingerprint density at radius 3 is 1.96 bits per heavy atom. The lowest BCUT2D eigenvalue weighted by Gasteiger charge is -2.19. The van der Waals surface area contributed by atoms with Gasteiger partial charge in [0.1, 0.15) is 4.88 Å². The van der Waals surface area contributed by atoms with Gasteiger partial charge in [-0.3, -0.25) is 9.52 Å². The number of carbonyl (C=O) groups excluding carboxylic acids is 1. The van der Waals surface area contributed by atoms with Crippen LogP contribution in [0, 0.1) is 34.6 Å². The predicted molar refractivity (Wildman–Crippen MR) is 93.8 cm³/mol. The SMILES string of the molecule is Cc1c(C)c(C)c(S(=O)(=O)Nc2ccsc2C(N)=O)c(C)c1C. The van der Waals surface area contributed by atoms with Crippen molar-refractivity contribution >= 4 is 33.0 Å². The topological polar surface area (TPSA) is 89.3 Å². The molecule has 124 valence electrons. The van der Waals surface area contributed by atoms with Crippen molar-refractivity contribution in [1.29, 1.82) is 0 Å². The molecule has 3 N–H and O–H groups in total. The molecule has 0 unspecified atom stereocenters. The fourth-order valence-corrected chi connectivity index (χ4v) is 5.09. The van der Waals surface area contributed by atoms with Crippen LogP contribution in [-0.4, -0.2) is 14.3 Å². The van der Waals surface area contributed by atoms with Crippen molar-refractivity contribution < 1.29 is 13.2 Å². The average Bonchev–Trinajstić information content (AvgIpc) is 2.90. The first-order valence-corrected chi connectivity index (χ1v) is 9.41. The molecule has 1 aromatic heterocycles. The van der Waals surface area contributed by atoms with E-state index < -0.39 is 15.9 Å². The lowest BCUT2D eigenvalue weighted by Crippen LogP contribution is -2.19. The number of sulfonamides is 1. The van der Waals surface area contributed by atoms with Crippen LogP contribution in [0.1, 0.15) is 37.5 Å². The molecule has 0 saturated carbocycles. The molecule has 7 heteroatoms. The van der Waals surface area contributed by atoms with Gasteiger partial charge < -0.3 is 5.73 Å². The summed E-state index contributed by atoms with van der Waals surface area (Å²) >= 11 is 1.11. The van der Waals surface area contributed by atoms with Crippen molar-refractivity contribution in [2.45, 2.75) is 39.5 Å². The minimum atomic E-state index is -3.81. The highest BCUT2D eigenvalue weighted by molar-refractivity contribution is 7.92. The van der Waals surface area contributed by atoms with E-state index in [0.717, 1.165) is 28.0 Å². The molecule has 0 radical (unpaired) electrons. The van der Waals surface area contributed by atoms with Crippen molar-refractivity contribution in [2.75, 3.05) is 4.72 Å². The van der Waals surface area contributed by atoms with Gasteiger partial charge in [0, 0.05) is 0 Å². The van der Waals surface area contributed by atoms with E-state index in [0.29, 0.717) is 11.1 Å². The summed E-state index contributed by atoms with van der Waals surface area (Å²) in [7, 11) is -3.81. The maximum Gasteiger partial charge on any atom is 0.262 e. The number of rotatable bonds is 4. The Hall–Kier alpha value is -1.86. The monoisotopic (exact) mass is 352 g/mol. The van der Waals surface area contributed by atoms with Gasteiger partial charge in [-0.05, 0) is 73.9 Å². The summed E-state index contributed by atoms with van der Waals surface area (Å²) in [6, 6.07) is 1.54. The summed E-state index contributed by atoms with van der Waals surface area (Å²) < 4.78 is 28.2. The first-order valence-electron chi connectivity index (χ1n) is 7.05. The first kappa shape index (κ1) is 17.5. The lowest BCUT2D eigenvalue weighted by atomic mass is 9.95. The van der Waals surface area contributed by atoms with Gasteiger partial charge in [0.05, 0.1) is 10.6 Å². The predicted octanol–water partition coefficient (Wildman–Crippen LogP) is 3.19. The molecule has 1 aromatic carbocycles. The number of hydrogen-bond acceptors (Lipinski definition) is 4. The zero-order valence-electron chi connectivity index (χ0n) is 13.8. The Kier molecular flexibility index (Phi) is 4.54. The van der Waals surface area contributed by atoms with Gasteiger partial charge >= 0.3 is 0 Å². The highest BCUT2D eigenvalue weighted by atomic mass is 32.2.